The standard InChI is InChI=1S/C18H17BrN4O/c1-12-10-13(19)6-7-16(12)22-18-20-9-8-17(23-18)21-14-4-3-5-15(11-14)24-2/h3-11H,1-2H3,(H2,20,21,22,23). The van der Waals surface area contributed by atoms with Gasteiger partial charge < -0.3 is 15.4 Å². The van der Waals surface area contributed by atoms with E-state index in [1.54, 1.807) is 13.3 Å². The van der Waals surface area contributed by atoms with Crippen molar-refractivity contribution in [1.29, 1.82) is 0 Å². The summed E-state index contributed by atoms with van der Waals surface area (Å²) in [6.07, 6.45) is 1.71. The third-order valence-corrected chi connectivity index (χ3v) is 3.93. The zero-order valence-electron chi connectivity index (χ0n) is 13.4. The van der Waals surface area contributed by atoms with Crippen LogP contribution in [0.1, 0.15) is 5.56 Å². The molecule has 3 rings (SSSR count). The summed E-state index contributed by atoms with van der Waals surface area (Å²) < 4.78 is 6.27. The number of benzene rings is 2. The maximum atomic E-state index is 5.23. The first kappa shape index (κ1) is 16.3. The smallest absolute Gasteiger partial charge is 0.229 e. The van der Waals surface area contributed by atoms with E-state index in [1.807, 2.05) is 55.5 Å². The van der Waals surface area contributed by atoms with Crippen LogP contribution in [0.2, 0.25) is 0 Å². The van der Waals surface area contributed by atoms with Gasteiger partial charge in [0.05, 0.1) is 7.11 Å². The van der Waals surface area contributed by atoms with Crippen molar-refractivity contribution in [1.82, 2.24) is 9.97 Å². The number of halogens is 1. The van der Waals surface area contributed by atoms with Gasteiger partial charge >= 0.3 is 0 Å². The van der Waals surface area contributed by atoms with E-state index in [-0.39, 0.29) is 0 Å². The molecule has 0 saturated heterocycles. The summed E-state index contributed by atoms with van der Waals surface area (Å²) in [4.78, 5) is 8.77. The highest BCUT2D eigenvalue weighted by molar-refractivity contribution is 9.10. The van der Waals surface area contributed by atoms with Crippen molar-refractivity contribution in [3.05, 3.63) is 64.8 Å². The van der Waals surface area contributed by atoms with Crippen LogP contribution < -0.4 is 15.4 Å². The molecule has 0 fully saturated rings. The lowest BCUT2D eigenvalue weighted by molar-refractivity contribution is 0.415. The van der Waals surface area contributed by atoms with Crippen molar-refractivity contribution in [3.63, 3.8) is 0 Å². The van der Waals surface area contributed by atoms with Crippen LogP contribution in [-0.4, -0.2) is 17.1 Å². The van der Waals surface area contributed by atoms with Crippen LogP contribution in [0, 0.1) is 6.92 Å². The van der Waals surface area contributed by atoms with Gasteiger partial charge in [0.15, 0.2) is 0 Å². The van der Waals surface area contributed by atoms with Crippen molar-refractivity contribution < 1.29 is 4.74 Å². The summed E-state index contributed by atoms with van der Waals surface area (Å²) in [6.45, 7) is 2.03. The molecule has 0 saturated carbocycles. The minimum atomic E-state index is 0.535. The molecule has 0 spiro atoms. The fraction of sp³-hybridized carbons (Fsp3) is 0.111. The molecular weight excluding hydrogens is 368 g/mol. The van der Waals surface area contributed by atoms with Crippen molar-refractivity contribution >= 4 is 39.1 Å². The number of nitrogens with one attached hydrogen (secondary N) is 2. The summed E-state index contributed by atoms with van der Waals surface area (Å²) in [5, 5.41) is 6.49. The topological polar surface area (TPSA) is 59.1 Å². The Morgan fingerprint density at radius 2 is 1.92 bits per heavy atom. The molecule has 0 aliphatic carbocycles. The fourth-order valence-electron chi connectivity index (χ4n) is 2.23. The molecule has 0 aliphatic rings. The van der Waals surface area contributed by atoms with Gasteiger partial charge in [0, 0.05) is 28.1 Å². The minimum absolute atomic E-state index is 0.535. The molecule has 6 heteroatoms. The zero-order valence-corrected chi connectivity index (χ0v) is 15.0. The maximum Gasteiger partial charge on any atom is 0.229 e. The molecule has 2 aromatic carbocycles. The second kappa shape index (κ2) is 7.31. The summed E-state index contributed by atoms with van der Waals surface area (Å²) in [5.41, 5.74) is 2.98. The second-order valence-corrected chi connectivity index (χ2v) is 6.12. The number of hydrogen-bond acceptors (Lipinski definition) is 5. The SMILES string of the molecule is COc1cccc(Nc2ccnc(Nc3ccc(Br)cc3C)n2)c1. The molecule has 0 atom stereocenters. The summed E-state index contributed by atoms with van der Waals surface area (Å²) in [7, 11) is 1.65. The highest BCUT2D eigenvalue weighted by Crippen LogP contribution is 2.24. The van der Waals surface area contributed by atoms with Crippen LogP contribution in [-0.2, 0) is 0 Å². The number of nitrogens with zero attached hydrogens (tertiary/aromatic N) is 2. The van der Waals surface area contributed by atoms with Gasteiger partial charge in [-0.2, -0.15) is 4.98 Å². The second-order valence-electron chi connectivity index (χ2n) is 5.21. The number of aromatic nitrogens is 2. The Labute approximate surface area is 149 Å². The highest BCUT2D eigenvalue weighted by Gasteiger charge is 2.04. The number of aryl methyl sites for hydroxylation is 1. The highest BCUT2D eigenvalue weighted by atomic mass is 79.9. The molecule has 2 N–H and O–H groups in total. The summed E-state index contributed by atoms with van der Waals surface area (Å²) >= 11 is 3.46. The predicted octanol–water partition coefficient (Wildman–Crippen LogP) is 5.04. The van der Waals surface area contributed by atoms with Gasteiger partial charge in [-0.25, -0.2) is 4.98 Å². The van der Waals surface area contributed by atoms with E-state index in [0.29, 0.717) is 11.8 Å². The average Bonchev–Trinajstić information content (AvgIpc) is 2.58. The van der Waals surface area contributed by atoms with E-state index < -0.39 is 0 Å². The fourth-order valence-corrected chi connectivity index (χ4v) is 2.70. The summed E-state index contributed by atoms with van der Waals surface area (Å²) in [6, 6.07) is 15.5. The lowest BCUT2D eigenvalue weighted by Crippen LogP contribution is -2.01. The van der Waals surface area contributed by atoms with E-state index in [9.17, 15) is 0 Å². The lowest BCUT2D eigenvalue weighted by atomic mass is 10.2. The molecule has 3 aromatic rings. The molecule has 24 heavy (non-hydrogen) atoms. The first-order chi connectivity index (χ1) is 11.6. The average molecular weight is 385 g/mol. The van der Waals surface area contributed by atoms with Crippen LogP contribution in [0.3, 0.4) is 0 Å². The Hall–Kier alpha value is -2.60. The number of methoxy groups -OCH3 is 1. The van der Waals surface area contributed by atoms with Gasteiger partial charge in [-0.3, -0.25) is 0 Å². The molecule has 0 unspecified atom stereocenters. The molecule has 0 aliphatic heterocycles. The van der Waals surface area contributed by atoms with E-state index in [2.05, 4.69) is 36.5 Å². The Kier molecular flexibility index (Phi) is 4.96. The van der Waals surface area contributed by atoms with Gasteiger partial charge in [0.25, 0.3) is 0 Å². The number of anilines is 4. The maximum absolute atomic E-state index is 5.23. The Bertz CT molecular complexity index is 854. The van der Waals surface area contributed by atoms with Gasteiger partial charge in [0.2, 0.25) is 5.95 Å². The quantitative estimate of drug-likeness (QED) is 0.644. The third kappa shape index (κ3) is 4.02. The lowest BCUT2D eigenvalue weighted by Gasteiger charge is -2.11. The van der Waals surface area contributed by atoms with Crippen LogP contribution in [0.25, 0.3) is 0 Å². The Morgan fingerprint density at radius 1 is 1.04 bits per heavy atom. The first-order valence-electron chi connectivity index (χ1n) is 7.41. The third-order valence-electron chi connectivity index (χ3n) is 3.43. The first-order valence-corrected chi connectivity index (χ1v) is 8.20. The molecule has 0 bridgehead atoms. The van der Waals surface area contributed by atoms with Crippen molar-refractivity contribution in [2.45, 2.75) is 6.92 Å². The normalized spacial score (nSPS) is 10.3. The van der Waals surface area contributed by atoms with E-state index in [0.717, 1.165) is 27.2 Å². The molecule has 0 amide bonds. The molecule has 5 nitrogen and oxygen atoms in total. The monoisotopic (exact) mass is 384 g/mol. The van der Waals surface area contributed by atoms with Gasteiger partial charge in [-0.15, -0.1) is 0 Å². The van der Waals surface area contributed by atoms with Crippen molar-refractivity contribution in [2.75, 3.05) is 17.7 Å². The summed E-state index contributed by atoms with van der Waals surface area (Å²) in [5.74, 6) is 2.03. The van der Waals surface area contributed by atoms with Crippen LogP contribution in [0.15, 0.2) is 59.2 Å². The minimum Gasteiger partial charge on any atom is -0.497 e. The van der Waals surface area contributed by atoms with Crippen LogP contribution in [0.4, 0.5) is 23.1 Å². The molecule has 122 valence electrons. The molecule has 1 aromatic heterocycles. The number of hydrogen-bond donors (Lipinski definition) is 2. The van der Waals surface area contributed by atoms with Crippen LogP contribution >= 0.6 is 15.9 Å². The number of rotatable bonds is 5. The van der Waals surface area contributed by atoms with E-state index >= 15 is 0 Å². The van der Waals surface area contributed by atoms with Gasteiger partial charge in [0.1, 0.15) is 11.6 Å². The molecule has 0 radical (unpaired) electrons. The number of ether oxygens (including phenoxy) is 1. The Morgan fingerprint density at radius 3 is 2.71 bits per heavy atom. The van der Waals surface area contributed by atoms with E-state index in [1.165, 1.54) is 0 Å². The molecule has 1 heterocycles. The van der Waals surface area contributed by atoms with Crippen molar-refractivity contribution in [3.8, 4) is 5.75 Å². The van der Waals surface area contributed by atoms with E-state index in [4.69, 9.17) is 4.74 Å². The van der Waals surface area contributed by atoms with Crippen molar-refractivity contribution in [2.24, 2.45) is 0 Å². The molecular formula is C18H17BrN4O. The van der Waals surface area contributed by atoms with Crippen LogP contribution in [0.5, 0.6) is 5.75 Å². The zero-order chi connectivity index (χ0) is 16.9. The predicted molar refractivity (Wildman–Crippen MR) is 100 cm³/mol. The van der Waals surface area contributed by atoms with Gasteiger partial charge in [-0.1, -0.05) is 22.0 Å². The largest absolute Gasteiger partial charge is 0.497 e. The van der Waals surface area contributed by atoms with Gasteiger partial charge in [-0.05, 0) is 48.9 Å². The Balaban J connectivity index is 1.78.